The Labute approximate surface area is 121 Å². The zero-order valence-corrected chi connectivity index (χ0v) is 11.4. The van der Waals surface area contributed by atoms with Crippen LogP contribution in [-0.4, -0.2) is 60.6 Å². The molecule has 7 heteroatoms. The monoisotopic (exact) mass is 290 g/mol. The molecule has 2 aliphatic rings. The van der Waals surface area contributed by atoms with Crippen LogP contribution in [0.15, 0.2) is 24.3 Å². The van der Waals surface area contributed by atoms with Crippen LogP contribution in [0.25, 0.3) is 0 Å². The molecule has 0 aromatic heterocycles. The summed E-state index contributed by atoms with van der Waals surface area (Å²) < 4.78 is 9.70. The predicted molar refractivity (Wildman–Crippen MR) is 70.9 cm³/mol. The van der Waals surface area contributed by atoms with Crippen LogP contribution < -0.4 is 4.74 Å². The summed E-state index contributed by atoms with van der Waals surface area (Å²) in [7, 11) is 1.56. The van der Waals surface area contributed by atoms with Gasteiger partial charge in [-0.3, -0.25) is 9.59 Å². The van der Waals surface area contributed by atoms with E-state index >= 15 is 0 Å². The molecule has 21 heavy (non-hydrogen) atoms. The lowest BCUT2D eigenvalue weighted by Crippen LogP contribution is -2.62. The number of ether oxygens (including phenoxy) is 2. The number of carbonyl (C=O) groups excluding carboxylic acids is 3. The Morgan fingerprint density at radius 1 is 1.24 bits per heavy atom. The first-order chi connectivity index (χ1) is 10.1. The Kier molecular flexibility index (Phi) is 3.25. The van der Waals surface area contributed by atoms with Crippen LogP contribution in [0.4, 0.5) is 4.79 Å². The number of rotatable bonds is 3. The molecule has 7 nitrogen and oxygen atoms in total. The van der Waals surface area contributed by atoms with Gasteiger partial charge in [0.15, 0.2) is 6.61 Å². The third-order valence-corrected chi connectivity index (χ3v) is 3.64. The summed E-state index contributed by atoms with van der Waals surface area (Å²) in [6.07, 6.45) is -0.624. The molecule has 0 saturated carbocycles. The van der Waals surface area contributed by atoms with Gasteiger partial charge in [-0.25, -0.2) is 9.69 Å². The fraction of sp³-hybridized carbons (Fsp3) is 0.357. The molecule has 0 N–H and O–H groups in total. The second-order valence-electron chi connectivity index (χ2n) is 4.91. The highest BCUT2D eigenvalue weighted by Gasteiger charge is 2.44. The maximum Gasteiger partial charge on any atom is 0.417 e. The highest BCUT2D eigenvalue weighted by Crippen LogP contribution is 2.22. The molecule has 0 unspecified atom stereocenters. The molecule has 2 saturated heterocycles. The Morgan fingerprint density at radius 2 is 1.90 bits per heavy atom. The zero-order chi connectivity index (χ0) is 15.0. The van der Waals surface area contributed by atoms with Crippen molar-refractivity contribution in [2.75, 3.05) is 26.8 Å². The largest absolute Gasteiger partial charge is 0.497 e. The molecule has 0 spiro atoms. The normalized spacial score (nSPS) is 18.5. The van der Waals surface area contributed by atoms with Crippen molar-refractivity contribution >= 4 is 17.9 Å². The molecule has 1 aromatic carbocycles. The van der Waals surface area contributed by atoms with Crippen molar-refractivity contribution in [1.29, 1.82) is 0 Å². The minimum atomic E-state index is -0.624. The molecule has 110 valence electrons. The van der Waals surface area contributed by atoms with Crippen LogP contribution in [0.2, 0.25) is 0 Å². The SMILES string of the molecule is COc1ccc(C(=O)N2CC(N3C(=O)COC3=O)C2)cc1. The Hall–Kier alpha value is -2.57. The van der Waals surface area contributed by atoms with Gasteiger partial charge in [-0.2, -0.15) is 0 Å². The summed E-state index contributed by atoms with van der Waals surface area (Å²) in [4.78, 5) is 37.8. The quantitative estimate of drug-likeness (QED) is 0.810. The average Bonchev–Trinajstić information content (AvgIpc) is 2.78. The van der Waals surface area contributed by atoms with Crippen LogP contribution in [0.1, 0.15) is 10.4 Å². The van der Waals surface area contributed by atoms with Crippen molar-refractivity contribution in [3.63, 3.8) is 0 Å². The Balaban J connectivity index is 1.61. The number of benzene rings is 1. The lowest BCUT2D eigenvalue weighted by atomic mass is 10.1. The van der Waals surface area contributed by atoms with E-state index in [0.29, 0.717) is 24.4 Å². The summed E-state index contributed by atoms with van der Waals surface area (Å²) >= 11 is 0. The van der Waals surface area contributed by atoms with Gasteiger partial charge in [0.05, 0.1) is 13.2 Å². The molecule has 2 aliphatic heterocycles. The molecule has 2 fully saturated rings. The smallest absolute Gasteiger partial charge is 0.417 e. The number of hydrogen-bond donors (Lipinski definition) is 0. The fourth-order valence-corrected chi connectivity index (χ4v) is 2.42. The molecular formula is C14H14N2O5. The number of imide groups is 1. The van der Waals surface area contributed by atoms with Crippen LogP contribution in [0.3, 0.4) is 0 Å². The van der Waals surface area contributed by atoms with Crippen LogP contribution in [0.5, 0.6) is 5.75 Å². The van der Waals surface area contributed by atoms with E-state index in [1.54, 1.807) is 36.3 Å². The minimum Gasteiger partial charge on any atom is -0.497 e. The van der Waals surface area contributed by atoms with E-state index in [9.17, 15) is 14.4 Å². The average molecular weight is 290 g/mol. The molecule has 0 bridgehead atoms. The van der Waals surface area contributed by atoms with Crippen molar-refractivity contribution in [1.82, 2.24) is 9.80 Å². The topological polar surface area (TPSA) is 76.2 Å². The van der Waals surface area contributed by atoms with Gasteiger partial charge in [-0.1, -0.05) is 0 Å². The number of nitrogens with zero attached hydrogens (tertiary/aromatic N) is 2. The molecule has 0 radical (unpaired) electrons. The summed E-state index contributed by atoms with van der Waals surface area (Å²) in [6, 6.07) is 6.51. The molecule has 3 amide bonds. The van der Waals surface area contributed by atoms with Crippen LogP contribution >= 0.6 is 0 Å². The third-order valence-electron chi connectivity index (χ3n) is 3.64. The third kappa shape index (κ3) is 2.31. The first-order valence-corrected chi connectivity index (χ1v) is 6.52. The molecule has 1 aromatic rings. The molecular weight excluding hydrogens is 276 g/mol. The summed E-state index contributed by atoms with van der Waals surface area (Å²) in [5.41, 5.74) is 0.546. The highest BCUT2D eigenvalue weighted by molar-refractivity contribution is 5.99. The van der Waals surface area contributed by atoms with Crippen molar-refractivity contribution in [3.05, 3.63) is 29.8 Å². The fourth-order valence-electron chi connectivity index (χ4n) is 2.42. The molecule has 0 aliphatic carbocycles. The standard InChI is InChI=1S/C14H14N2O5/c1-20-11-4-2-9(3-5-11)13(18)15-6-10(7-15)16-12(17)8-21-14(16)19/h2-5,10H,6-8H2,1H3. The van der Waals surface area contributed by atoms with Gasteiger partial charge in [0.1, 0.15) is 5.75 Å². The van der Waals surface area contributed by atoms with E-state index in [1.165, 1.54) is 0 Å². The van der Waals surface area contributed by atoms with Gasteiger partial charge in [-0.05, 0) is 24.3 Å². The van der Waals surface area contributed by atoms with E-state index in [2.05, 4.69) is 4.74 Å². The van der Waals surface area contributed by atoms with Crippen molar-refractivity contribution in [2.45, 2.75) is 6.04 Å². The summed E-state index contributed by atoms with van der Waals surface area (Å²) in [5.74, 6) is 0.203. The van der Waals surface area contributed by atoms with Crippen molar-refractivity contribution in [2.24, 2.45) is 0 Å². The van der Waals surface area contributed by atoms with Gasteiger partial charge in [0.2, 0.25) is 0 Å². The minimum absolute atomic E-state index is 0.131. The lowest BCUT2D eigenvalue weighted by molar-refractivity contribution is -0.129. The highest BCUT2D eigenvalue weighted by atomic mass is 16.6. The Morgan fingerprint density at radius 3 is 2.43 bits per heavy atom. The Bertz CT molecular complexity index is 576. The first-order valence-electron chi connectivity index (χ1n) is 6.52. The van der Waals surface area contributed by atoms with Crippen molar-refractivity contribution < 1.29 is 23.9 Å². The predicted octanol–water partition coefficient (Wildman–Crippen LogP) is 0.498. The van der Waals surface area contributed by atoms with E-state index < -0.39 is 6.09 Å². The van der Waals surface area contributed by atoms with E-state index in [1.807, 2.05) is 0 Å². The molecule has 0 atom stereocenters. The first kappa shape index (κ1) is 13.4. The number of methoxy groups -OCH3 is 1. The molecule has 3 rings (SSSR count). The number of cyclic esters (lactones) is 1. The lowest BCUT2D eigenvalue weighted by Gasteiger charge is -2.41. The second-order valence-corrected chi connectivity index (χ2v) is 4.91. The number of likely N-dealkylation sites (tertiary alicyclic amines) is 1. The zero-order valence-electron chi connectivity index (χ0n) is 11.4. The molecule has 2 heterocycles. The van der Waals surface area contributed by atoms with E-state index in [-0.39, 0.29) is 24.5 Å². The number of hydrogen-bond acceptors (Lipinski definition) is 5. The summed E-state index contributed by atoms with van der Waals surface area (Å²) in [6.45, 7) is 0.471. The van der Waals surface area contributed by atoms with E-state index in [4.69, 9.17) is 4.74 Å². The van der Waals surface area contributed by atoms with Crippen LogP contribution in [-0.2, 0) is 9.53 Å². The van der Waals surface area contributed by atoms with Crippen molar-refractivity contribution in [3.8, 4) is 5.75 Å². The van der Waals surface area contributed by atoms with Gasteiger partial charge >= 0.3 is 6.09 Å². The maximum absolute atomic E-state index is 12.2. The maximum atomic E-state index is 12.2. The van der Waals surface area contributed by atoms with E-state index in [0.717, 1.165) is 4.90 Å². The van der Waals surface area contributed by atoms with Gasteiger partial charge < -0.3 is 14.4 Å². The van der Waals surface area contributed by atoms with Gasteiger partial charge in [0, 0.05) is 18.7 Å². The number of carbonyl (C=O) groups is 3. The van der Waals surface area contributed by atoms with Crippen LogP contribution in [0, 0.1) is 0 Å². The second kappa shape index (κ2) is 5.08. The summed E-state index contributed by atoms with van der Waals surface area (Å²) in [5, 5.41) is 0. The number of amides is 3. The van der Waals surface area contributed by atoms with Gasteiger partial charge in [0.25, 0.3) is 11.8 Å². The van der Waals surface area contributed by atoms with Gasteiger partial charge in [-0.15, -0.1) is 0 Å².